The highest BCUT2D eigenvalue weighted by molar-refractivity contribution is 8.00. The van der Waals surface area contributed by atoms with Crippen LogP contribution in [0.3, 0.4) is 0 Å². The van der Waals surface area contributed by atoms with Crippen LogP contribution >= 0.6 is 11.8 Å². The Bertz CT molecular complexity index is 578. The van der Waals surface area contributed by atoms with Crippen molar-refractivity contribution in [2.24, 2.45) is 0 Å². The van der Waals surface area contributed by atoms with Gasteiger partial charge in [0, 0.05) is 5.54 Å². The maximum Gasteiger partial charge on any atom is 0.233 e. The van der Waals surface area contributed by atoms with E-state index < -0.39 is 0 Å². The van der Waals surface area contributed by atoms with Gasteiger partial charge in [-0.15, -0.1) is 0 Å². The van der Waals surface area contributed by atoms with Crippen LogP contribution in [0.2, 0.25) is 0 Å². The summed E-state index contributed by atoms with van der Waals surface area (Å²) in [7, 11) is 0. The molecule has 0 aliphatic rings. The highest BCUT2D eigenvalue weighted by Gasteiger charge is 2.24. The zero-order valence-corrected chi connectivity index (χ0v) is 14.3. The fraction of sp³-hybridized carbons (Fsp3) is 0.600. The van der Waals surface area contributed by atoms with Crippen molar-refractivity contribution in [2.75, 3.05) is 0 Å². The van der Waals surface area contributed by atoms with Gasteiger partial charge in [0.05, 0.1) is 10.9 Å². The van der Waals surface area contributed by atoms with E-state index in [9.17, 15) is 10.1 Å². The van der Waals surface area contributed by atoms with Crippen molar-refractivity contribution in [2.45, 2.75) is 63.8 Å². The largest absolute Gasteiger partial charge is 0.350 e. The second kappa shape index (κ2) is 6.90. The molecular weight excluding hydrogens is 284 g/mol. The minimum absolute atomic E-state index is 0.0512. The lowest BCUT2D eigenvalue weighted by Crippen LogP contribution is -2.46. The Morgan fingerprint density at radius 3 is 2.57 bits per heavy atom. The van der Waals surface area contributed by atoms with E-state index in [1.54, 1.807) is 13.8 Å². The lowest BCUT2D eigenvalue weighted by Gasteiger charge is -2.26. The SMILES string of the molecule is CCC(C)(C)NC(=O)C(C)Sc1nc(C)nc(C)c1C#N. The molecule has 1 atom stereocenters. The number of nitrogens with zero attached hydrogens (tertiary/aromatic N) is 3. The number of carbonyl (C=O) groups excluding carboxylic acids is 1. The Kier molecular flexibility index (Phi) is 5.73. The minimum atomic E-state index is -0.323. The van der Waals surface area contributed by atoms with E-state index in [0.717, 1.165) is 6.42 Å². The van der Waals surface area contributed by atoms with Gasteiger partial charge in [-0.3, -0.25) is 4.79 Å². The average Bonchev–Trinajstić information content (AvgIpc) is 2.37. The number of nitrogens with one attached hydrogen (secondary N) is 1. The van der Waals surface area contributed by atoms with Gasteiger partial charge in [0.1, 0.15) is 22.5 Å². The van der Waals surface area contributed by atoms with E-state index >= 15 is 0 Å². The molecule has 0 fully saturated rings. The van der Waals surface area contributed by atoms with Crippen LogP contribution in [-0.2, 0) is 4.79 Å². The molecule has 1 heterocycles. The predicted molar refractivity (Wildman–Crippen MR) is 84.1 cm³/mol. The normalized spacial score (nSPS) is 12.6. The van der Waals surface area contributed by atoms with Gasteiger partial charge in [-0.1, -0.05) is 18.7 Å². The molecule has 0 aromatic carbocycles. The van der Waals surface area contributed by atoms with E-state index in [1.165, 1.54) is 11.8 Å². The van der Waals surface area contributed by atoms with Crippen molar-refractivity contribution in [3.05, 3.63) is 17.1 Å². The van der Waals surface area contributed by atoms with E-state index in [1.807, 2.05) is 27.7 Å². The van der Waals surface area contributed by atoms with Crippen molar-refractivity contribution < 1.29 is 4.79 Å². The quantitative estimate of drug-likeness (QED) is 0.668. The van der Waals surface area contributed by atoms with Gasteiger partial charge in [0.15, 0.2) is 0 Å². The number of carbonyl (C=O) groups is 1. The second-order valence-corrected chi connectivity index (χ2v) is 6.96. The van der Waals surface area contributed by atoms with Crippen LogP contribution in [0.1, 0.15) is 51.2 Å². The van der Waals surface area contributed by atoms with Crippen LogP contribution in [0.4, 0.5) is 0 Å². The Balaban J connectivity index is 2.92. The zero-order chi connectivity index (χ0) is 16.2. The molecule has 1 N–H and O–H groups in total. The summed E-state index contributed by atoms with van der Waals surface area (Å²) >= 11 is 1.30. The number of nitriles is 1. The maximum absolute atomic E-state index is 12.2. The van der Waals surface area contributed by atoms with Crippen LogP contribution in [0.25, 0.3) is 0 Å². The first-order valence-electron chi connectivity index (χ1n) is 6.94. The summed E-state index contributed by atoms with van der Waals surface area (Å²) in [4.78, 5) is 20.7. The molecule has 0 radical (unpaired) electrons. The fourth-order valence-electron chi connectivity index (χ4n) is 1.64. The summed E-state index contributed by atoms with van der Waals surface area (Å²) < 4.78 is 0. The molecule has 1 rings (SSSR count). The van der Waals surface area contributed by atoms with Crippen LogP contribution < -0.4 is 5.32 Å². The van der Waals surface area contributed by atoms with E-state index in [2.05, 4.69) is 21.4 Å². The summed E-state index contributed by atoms with van der Waals surface area (Å²) in [6.45, 7) is 11.4. The van der Waals surface area contributed by atoms with Crippen LogP contribution in [-0.4, -0.2) is 26.7 Å². The third kappa shape index (κ3) is 4.71. The van der Waals surface area contributed by atoms with Gasteiger partial charge in [-0.25, -0.2) is 9.97 Å². The lowest BCUT2D eigenvalue weighted by molar-refractivity contribution is -0.121. The first kappa shape index (κ1) is 17.4. The van der Waals surface area contributed by atoms with Crippen molar-refractivity contribution in [1.82, 2.24) is 15.3 Å². The minimum Gasteiger partial charge on any atom is -0.350 e. The highest BCUT2D eigenvalue weighted by Crippen LogP contribution is 2.26. The average molecular weight is 306 g/mol. The van der Waals surface area contributed by atoms with Gasteiger partial charge in [-0.05, 0) is 41.0 Å². The number of hydrogen-bond donors (Lipinski definition) is 1. The topological polar surface area (TPSA) is 78.7 Å². The smallest absolute Gasteiger partial charge is 0.233 e. The molecule has 0 saturated heterocycles. The van der Waals surface area contributed by atoms with Gasteiger partial charge < -0.3 is 5.32 Å². The molecule has 0 saturated carbocycles. The van der Waals surface area contributed by atoms with E-state index in [4.69, 9.17) is 0 Å². The molecule has 0 bridgehead atoms. The lowest BCUT2D eigenvalue weighted by atomic mass is 10.0. The molecule has 1 aromatic rings. The molecular formula is C15H22N4OS. The number of aromatic nitrogens is 2. The molecule has 1 amide bonds. The van der Waals surface area contributed by atoms with Gasteiger partial charge >= 0.3 is 0 Å². The standard InChI is InChI=1S/C15H22N4OS/c1-7-15(5,6)19-13(20)10(3)21-14-12(8-16)9(2)17-11(4)18-14/h10H,7H2,1-6H3,(H,19,20). The molecule has 1 aromatic heterocycles. The number of amides is 1. The molecule has 6 heteroatoms. The third-order valence-corrected chi connectivity index (χ3v) is 4.37. The first-order valence-corrected chi connectivity index (χ1v) is 7.82. The van der Waals surface area contributed by atoms with Gasteiger partial charge in [-0.2, -0.15) is 5.26 Å². The van der Waals surface area contributed by atoms with Crippen molar-refractivity contribution in [3.63, 3.8) is 0 Å². The Morgan fingerprint density at radius 2 is 2.05 bits per heavy atom. The summed E-state index contributed by atoms with van der Waals surface area (Å²) in [5.41, 5.74) is 0.857. The predicted octanol–water partition coefficient (Wildman–Crippen LogP) is 2.75. The monoisotopic (exact) mass is 306 g/mol. The molecule has 114 valence electrons. The summed E-state index contributed by atoms with van der Waals surface area (Å²) in [5, 5.41) is 12.5. The van der Waals surface area contributed by atoms with Crippen LogP contribution in [0.15, 0.2) is 5.03 Å². The molecule has 21 heavy (non-hydrogen) atoms. The third-order valence-electron chi connectivity index (χ3n) is 3.28. The molecule has 1 unspecified atom stereocenters. The molecule has 0 aliphatic carbocycles. The Hall–Kier alpha value is -1.61. The fourth-order valence-corrected chi connectivity index (χ4v) is 2.64. The summed E-state index contributed by atoms with van der Waals surface area (Å²) in [6, 6.07) is 2.12. The van der Waals surface area contributed by atoms with Crippen molar-refractivity contribution in [3.8, 4) is 6.07 Å². The Labute approximate surface area is 130 Å². The number of rotatable bonds is 5. The Morgan fingerprint density at radius 1 is 1.43 bits per heavy atom. The summed E-state index contributed by atoms with van der Waals surface area (Å²) in [5.74, 6) is 0.556. The van der Waals surface area contributed by atoms with Crippen molar-refractivity contribution >= 4 is 17.7 Å². The van der Waals surface area contributed by atoms with Crippen LogP contribution in [0, 0.1) is 25.2 Å². The highest BCUT2D eigenvalue weighted by atomic mass is 32.2. The van der Waals surface area contributed by atoms with Crippen LogP contribution in [0.5, 0.6) is 0 Å². The molecule has 0 spiro atoms. The molecule has 5 nitrogen and oxygen atoms in total. The van der Waals surface area contributed by atoms with Gasteiger partial charge in [0.2, 0.25) is 5.91 Å². The second-order valence-electron chi connectivity index (χ2n) is 5.63. The number of hydrogen-bond acceptors (Lipinski definition) is 5. The van der Waals surface area contributed by atoms with Gasteiger partial charge in [0.25, 0.3) is 0 Å². The zero-order valence-electron chi connectivity index (χ0n) is 13.4. The molecule has 0 aliphatic heterocycles. The number of aryl methyl sites for hydroxylation is 2. The van der Waals surface area contributed by atoms with Crippen molar-refractivity contribution in [1.29, 1.82) is 5.26 Å². The number of thioether (sulfide) groups is 1. The first-order chi connectivity index (χ1) is 9.70. The van der Waals surface area contributed by atoms with E-state index in [-0.39, 0.29) is 16.7 Å². The maximum atomic E-state index is 12.2. The van der Waals surface area contributed by atoms with E-state index in [0.29, 0.717) is 22.1 Å². The summed E-state index contributed by atoms with van der Waals surface area (Å²) in [6.07, 6.45) is 0.852.